The lowest BCUT2D eigenvalue weighted by Gasteiger charge is -2.37. The van der Waals surface area contributed by atoms with Crippen LogP contribution >= 0.6 is 34.8 Å². The van der Waals surface area contributed by atoms with E-state index in [1.54, 1.807) is 32.5 Å². The second-order valence-electron chi connectivity index (χ2n) is 25.7. The highest BCUT2D eigenvalue weighted by Gasteiger charge is 2.37. The smallest absolute Gasteiger partial charge is 0.411 e. The Morgan fingerprint density at radius 1 is 0.804 bits per heavy atom. The fourth-order valence-electron chi connectivity index (χ4n) is 11.2. The van der Waals surface area contributed by atoms with Crippen LogP contribution in [0.5, 0.6) is 5.88 Å². The van der Waals surface area contributed by atoms with Gasteiger partial charge in [0.2, 0.25) is 15.9 Å². The van der Waals surface area contributed by atoms with Gasteiger partial charge in [0, 0.05) is 84.4 Å². The maximum Gasteiger partial charge on any atom is 0.411 e. The van der Waals surface area contributed by atoms with Crippen LogP contribution in [-0.2, 0) is 56.5 Å². The van der Waals surface area contributed by atoms with Crippen LogP contribution in [-0.4, -0.2) is 147 Å². The topological polar surface area (TPSA) is 359 Å². The maximum atomic E-state index is 14.1. The molecule has 1 unspecified atom stereocenters. The van der Waals surface area contributed by atoms with Crippen LogP contribution in [0.1, 0.15) is 132 Å². The number of amides is 3. The predicted octanol–water partition coefficient (Wildman–Crippen LogP) is 9.28. The number of carbonyl (C=O) groups excluding carboxylic acids is 4. The number of sulfonamides is 1. The number of aromatic nitrogens is 6. The van der Waals surface area contributed by atoms with Crippen molar-refractivity contribution in [2.45, 2.75) is 130 Å². The zero-order valence-electron chi connectivity index (χ0n) is 55.3. The molecule has 4 aliphatic rings. The average molecular weight is 1430 g/mol. The molecule has 0 saturated carbocycles. The third-order valence-corrected chi connectivity index (χ3v) is 16.8. The van der Waals surface area contributed by atoms with Crippen molar-refractivity contribution in [3.63, 3.8) is 0 Å². The summed E-state index contributed by atoms with van der Waals surface area (Å²) in [5.41, 5.74) is 18.9. The van der Waals surface area contributed by atoms with Crippen LogP contribution in [0.15, 0.2) is 108 Å². The zero-order chi connectivity index (χ0) is 71.0. The number of rotatable bonds is 8. The number of anilines is 3. The number of benzene rings is 4. The molecule has 97 heavy (non-hydrogen) atoms. The summed E-state index contributed by atoms with van der Waals surface area (Å²) in [6, 6.07) is 28.3. The summed E-state index contributed by atoms with van der Waals surface area (Å²) in [6.07, 6.45) is 6.36. The minimum atomic E-state index is -3.63. The molecular weight excluding hydrogens is 1350 g/mol. The number of aromatic hydroxyl groups is 1. The van der Waals surface area contributed by atoms with Gasteiger partial charge in [-0.05, 0) is 164 Å². The molecule has 8 heterocycles. The van der Waals surface area contributed by atoms with Crippen molar-refractivity contribution in [3.05, 3.63) is 180 Å². The molecule has 4 aliphatic heterocycles. The van der Waals surface area contributed by atoms with Gasteiger partial charge in [0.1, 0.15) is 22.7 Å². The van der Waals surface area contributed by atoms with E-state index in [4.69, 9.17) is 74.6 Å². The van der Waals surface area contributed by atoms with Crippen LogP contribution in [0.3, 0.4) is 0 Å². The van der Waals surface area contributed by atoms with Crippen molar-refractivity contribution in [3.8, 4) is 5.88 Å². The molecule has 9 N–H and O–H groups in total. The van der Waals surface area contributed by atoms with Crippen molar-refractivity contribution in [1.29, 1.82) is 0 Å². The second kappa shape index (κ2) is 31.5. The maximum absolute atomic E-state index is 14.1. The third-order valence-electron chi connectivity index (χ3n) is 15.6. The van der Waals surface area contributed by atoms with E-state index >= 15 is 0 Å². The van der Waals surface area contributed by atoms with E-state index in [1.165, 1.54) is 35.7 Å². The Labute approximate surface area is 579 Å². The van der Waals surface area contributed by atoms with Crippen molar-refractivity contribution < 1.29 is 50.9 Å². The Morgan fingerprint density at radius 3 is 1.92 bits per heavy atom. The number of alkyl carbamates (subject to hydrolysis) is 1. The molecule has 2 fully saturated rings. The Kier molecular flexibility index (Phi) is 24.1. The van der Waals surface area contributed by atoms with Gasteiger partial charge < -0.3 is 56.0 Å². The summed E-state index contributed by atoms with van der Waals surface area (Å²) < 4.78 is 58.4. The van der Waals surface area contributed by atoms with Crippen molar-refractivity contribution >= 4 is 108 Å². The summed E-state index contributed by atoms with van der Waals surface area (Å²) in [6.45, 7) is 18.8. The molecule has 4 aromatic heterocycles. The lowest BCUT2D eigenvalue weighted by atomic mass is 9.91. The van der Waals surface area contributed by atoms with E-state index < -0.39 is 49.7 Å². The molecule has 0 aliphatic carbocycles. The van der Waals surface area contributed by atoms with Gasteiger partial charge in [-0.15, -0.1) is 0 Å². The minimum absolute atomic E-state index is 0.133. The molecule has 8 aromatic rings. The van der Waals surface area contributed by atoms with E-state index in [-0.39, 0.29) is 63.9 Å². The molecule has 520 valence electrons. The quantitative estimate of drug-likeness (QED) is 0.0423. The van der Waals surface area contributed by atoms with Crippen LogP contribution in [0, 0.1) is 13.8 Å². The molecule has 26 nitrogen and oxygen atoms in total. The number of aromatic amines is 1. The van der Waals surface area contributed by atoms with Gasteiger partial charge in [-0.25, -0.2) is 27.5 Å². The molecule has 2 saturated heterocycles. The van der Waals surface area contributed by atoms with E-state index in [1.807, 2.05) is 103 Å². The second-order valence-corrected chi connectivity index (χ2v) is 29.5. The number of nitrogen functional groups attached to an aromatic ring is 1. The number of nitrogens with one attached hydrogen (secondary N) is 4. The van der Waals surface area contributed by atoms with E-state index in [9.17, 15) is 37.5 Å². The van der Waals surface area contributed by atoms with Gasteiger partial charge in [-0.3, -0.25) is 28.2 Å². The molecule has 31 heteroatoms. The lowest BCUT2D eigenvalue weighted by molar-refractivity contribution is 0.0110. The first kappa shape index (κ1) is 74.4. The van der Waals surface area contributed by atoms with E-state index in [0.717, 1.165) is 85.2 Å². The summed E-state index contributed by atoms with van der Waals surface area (Å²) in [5.74, 6) is 0.334. The molecule has 12 rings (SSSR count). The number of H-pyrrole nitrogens is 1. The highest BCUT2D eigenvalue weighted by Crippen LogP contribution is 2.38. The number of fused-ring (bicyclic) bond motifs is 4. The van der Waals surface area contributed by atoms with Crippen molar-refractivity contribution in [2.24, 2.45) is 5.73 Å². The Balaban J connectivity index is 0.000000182. The van der Waals surface area contributed by atoms with Crippen molar-refractivity contribution in [1.82, 2.24) is 49.6 Å². The van der Waals surface area contributed by atoms with Gasteiger partial charge in [0.05, 0.1) is 52.1 Å². The van der Waals surface area contributed by atoms with Gasteiger partial charge in [-0.1, -0.05) is 82.8 Å². The Morgan fingerprint density at radius 2 is 1.37 bits per heavy atom. The molecule has 0 radical (unpaired) electrons. The molecule has 0 bridgehead atoms. The van der Waals surface area contributed by atoms with Crippen LogP contribution in [0.4, 0.5) is 26.8 Å². The first-order valence-electron chi connectivity index (χ1n) is 30.9. The monoisotopic (exact) mass is 1430 g/mol. The van der Waals surface area contributed by atoms with Gasteiger partial charge >= 0.3 is 12.2 Å². The number of nitrogens with zero attached hydrogens (tertiary/aromatic N) is 8. The predicted molar refractivity (Wildman–Crippen MR) is 374 cm³/mol. The number of hydrogen-bond acceptors (Lipinski definition) is 19. The minimum Gasteiger partial charge on any atom is -0.773 e. The van der Waals surface area contributed by atoms with Crippen LogP contribution < -0.4 is 37.3 Å². The highest BCUT2D eigenvalue weighted by molar-refractivity contribution is 7.92. The highest BCUT2D eigenvalue weighted by atomic mass is 35.5. The molecular formula is C66H80Cl3N14O12S2-. The number of halogens is 3. The Hall–Kier alpha value is -8.35. The number of aryl methyl sites for hydroxylation is 1. The standard InChI is InChI=1S/C28H30ClN7O3S.C21H24N4O4.C9H18N2O2.C7H5Cl2NO.CH4O2S/c1-17-14-36-26(31-27(17)34-10-9-21(30)16-34)13-24(32-36)25-11-18-5-3-4-6-19(18)15-35(25)28(37)22-12-20(29)7-8-23(22)33-40(2,38)39;1-12-18(26)22-17-10-15(23-25(17)19(12)27)16-9-13-7-5-6-8-14(13)11-24(16)20(28)29-21(2,3)4;1-9(2,3)13-8(12)11-7-4-5-10-6-7;8-4-1-2-6(10)5(3-4)7(9)11;1-4(2)3/h3-8,12-14,21,25,33H,9-11,15-16,30H2,1-2H3;5-8,10,16,27H,9,11H2,1-4H3,(H,22,26);7,10H,4-6H2,1-3H3,(H,11,12);1-3H,10H2;1H3,(H,2,3)/p-1/t21-,25-;16-;7-;;/m000../s1. The van der Waals surface area contributed by atoms with Gasteiger partial charge in [-0.2, -0.15) is 14.7 Å². The summed E-state index contributed by atoms with van der Waals surface area (Å²) in [7, 11) is -3.63. The molecule has 4 aromatic carbocycles. The van der Waals surface area contributed by atoms with Crippen LogP contribution in [0.25, 0.3) is 11.3 Å². The Bertz CT molecular complexity index is 4410. The number of hydrogen-bond donors (Lipinski definition) is 7. The molecule has 0 spiro atoms. The molecule has 5 atom stereocenters. The largest absolute Gasteiger partial charge is 0.773 e. The summed E-state index contributed by atoms with van der Waals surface area (Å²) >= 11 is 15.2. The van der Waals surface area contributed by atoms with E-state index in [2.05, 4.69) is 36.4 Å². The van der Waals surface area contributed by atoms with Gasteiger partial charge in [0.15, 0.2) is 5.65 Å². The lowest BCUT2D eigenvalue weighted by Crippen LogP contribution is -2.42. The fraction of sp³-hybridized carbons (Fsp3) is 0.394. The van der Waals surface area contributed by atoms with Gasteiger partial charge in [0.25, 0.3) is 16.7 Å². The fourth-order valence-corrected chi connectivity index (χ4v) is 12.2. The van der Waals surface area contributed by atoms with Crippen molar-refractivity contribution in [2.75, 3.05) is 54.0 Å². The van der Waals surface area contributed by atoms with Crippen LogP contribution in [0.2, 0.25) is 10.0 Å². The average Bonchev–Trinajstić information content (AvgIpc) is 1.78. The summed E-state index contributed by atoms with van der Waals surface area (Å²) in [4.78, 5) is 74.2. The number of carbonyl (C=O) groups is 4. The molecule has 3 amide bonds. The number of nitrogens with two attached hydrogens (primary N) is 2. The van der Waals surface area contributed by atoms with E-state index in [0.29, 0.717) is 64.3 Å². The first-order chi connectivity index (χ1) is 45.5. The summed E-state index contributed by atoms with van der Waals surface area (Å²) in [5, 5.41) is 25.8. The normalized spacial score (nSPS) is 17.7. The zero-order valence-corrected chi connectivity index (χ0v) is 59.2. The first-order valence-corrected chi connectivity index (χ1v) is 35.4. The number of ether oxygens (including phenoxy) is 2. The third kappa shape index (κ3) is 20.1. The SMILES string of the molecule is CC(C)(C)OC(=O)N[C@H]1CCNC1.CS(=O)[O-].Cc1c(O)n2nc([C@@H]3Cc4ccccc4CN3C(=O)OC(C)(C)C)cc2[nH]c1=O.Cc1cn2nc([C@@H]3Cc4ccccc4CN3C(=O)c3cc(Cl)ccc3NS(C)(=O)=O)cc2nc1N1CC[C@H](N)C1.Nc1ccc(Cl)cc1C(=O)Cl.